The molecule has 4 nitrogen and oxygen atoms in total. The molecule has 298 valence electrons. The molecule has 0 N–H and O–H groups in total. The highest BCUT2D eigenvalue weighted by Gasteiger charge is 2.21. The summed E-state index contributed by atoms with van der Waals surface area (Å²) in [5.41, 5.74) is 16.1. The van der Waals surface area contributed by atoms with Crippen molar-refractivity contribution in [1.29, 1.82) is 0 Å². The predicted octanol–water partition coefficient (Wildman–Crippen LogP) is 15.7. The molecule has 10 aromatic carbocycles. The van der Waals surface area contributed by atoms with Crippen LogP contribution in [0.5, 0.6) is 0 Å². The molecule has 0 saturated carbocycles. The van der Waals surface area contributed by atoms with E-state index in [-0.39, 0.29) is 0 Å². The molecule has 14 rings (SSSR count). The second-order valence-electron chi connectivity index (χ2n) is 17.0. The average Bonchev–Trinajstić information content (AvgIpc) is 4.09. The van der Waals surface area contributed by atoms with Gasteiger partial charge < -0.3 is 18.3 Å². The molecule has 0 aliphatic heterocycles. The summed E-state index contributed by atoms with van der Waals surface area (Å²) in [6.45, 7) is 0. The van der Waals surface area contributed by atoms with E-state index in [9.17, 15) is 0 Å². The van der Waals surface area contributed by atoms with Crippen LogP contribution in [0.3, 0.4) is 0 Å². The van der Waals surface area contributed by atoms with Crippen molar-refractivity contribution in [1.82, 2.24) is 18.3 Å². The highest BCUT2D eigenvalue weighted by atomic mass is 15.0. The van der Waals surface area contributed by atoms with Gasteiger partial charge in [-0.2, -0.15) is 0 Å². The van der Waals surface area contributed by atoms with Gasteiger partial charge in [-0.25, -0.2) is 0 Å². The van der Waals surface area contributed by atoms with Crippen molar-refractivity contribution in [2.24, 2.45) is 0 Å². The summed E-state index contributed by atoms with van der Waals surface area (Å²) in [6, 6.07) is 84.8. The maximum absolute atomic E-state index is 2.45. The molecule has 0 bridgehead atoms. The van der Waals surface area contributed by atoms with E-state index < -0.39 is 0 Å². The summed E-state index contributed by atoms with van der Waals surface area (Å²) < 4.78 is 9.82. The van der Waals surface area contributed by atoms with E-state index in [1.54, 1.807) is 0 Å². The third-order valence-corrected chi connectivity index (χ3v) is 13.5. The minimum absolute atomic E-state index is 1.10. The van der Waals surface area contributed by atoms with Crippen molar-refractivity contribution in [3.8, 4) is 33.9 Å². The number of aromatic nitrogens is 4. The molecule has 0 atom stereocenters. The summed E-state index contributed by atoms with van der Waals surface area (Å²) >= 11 is 0. The molecular formula is C60H38N4. The first kappa shape index (κ1) is 35.0. The fraction of sp³-hybridized carbons (Fsp3) is 0. The van der Waals surface area contributed by atoms with Gasteiger partial charge in [-0.05, 0) is 96.1 Å². The molecule has 4 heterocycles. The smallest absolute Gasteiger partial charge is 0.0541 e. The van der Waals surface area contributed by atoms with Crippen molar-refractivity contribution in [3.63, 3.8) is 0 Å². The van der Waals surface area contributed by atoms with Gasteiger partial charge in [0.15, 0.2) is 0 Å². The number of benzene rings is 10. The van der Waals surface area contributed by atoms with E-state index in [0.29, 0.717) is 0 Å². The largest absolute Gasteiger partial charge is 0.309 e. The third kappa shape index (κ3) is 4.99. The molecule has 0 unspecified atom stereocenters. The Balaban J connectivity index is 1.13. The van der Waals surface area contributed by atoms with Crippen LogP contribution >= 0.6 is 0 Å². The van der Waals surface area contributed by atoms with Crippen LogP contribution in [0.2, 0.25) is 0 Å². The van der Waals surface area contributed by atoms with Crippen LogP contribution in [0.25, 0.3) is 121 Å². The zero-order valence-corrected chi connectivity index (χ0v) is 34.7. The zero-order chi connectivity index (χ0) is 41.9. The van der Waals surface area contributed by atoms with Crippen LogP contribution in [-0.4, -0.2) is 18.3 Å². The molecule has 0 aliphatic rings. The highest BCUT2D eigenvalue weighted by Crippen LogP contribution is 2.41. The normalized spacial score (nSPS) is 12.1. The lowest BCUT2D eigenvalue weighted by Crippen LogP contribution is -2.02. The van der Waals surface area contributed by atoms with Crippen molar-refractivity contribution in [3.05, 3.63) is 231 Å². The van der Waals surface area contributed by atoms with E-state index in [2.05, 4.69) is 249 Å². The van der Waals surface area contributed by atoms with Gasteiger partial charge in [0.25, 0.3) is 0 Å². The topological polar surface area (TPSA) is 19.7 Å². The summed E-state index contributed by atoms with van der Waals surface area (Å²) in [7, 11) is 0. The first-order chi connectivity index (χ1) is 31.8. The quantitative estimate of drug-likeness (QED) is 0.165. The van der Waals surface area contributed by atoms with Gasteiger partial charge in [-0.15, -0.1) is 0 Å². The van der Waals surface area contributed by atoms with Gasteiger partial charge in [-0.1, -0.05) is 146 Å². The molecule has 0 aliphatic carbocycles. The maximum atomic E-state index is 2.45. The first-order valence-electron chi connectivity index (χ1n) is 22.0. The lowest BCUT2D eigenvalue weighted by atomic mass is 10.0. The van der Waals surface area contributed by atoms with Crippen LogP contribution in [-0.2, 0) is 0 Å². The summed E-state index contributed by atoms with van der Waals surface area (Å²) in [4.78, 5) is 0. The molecule has 4 heteroatoms. The molecule has 0 saturated heterocycles. The Hall–Kier alpha value is -8.60. The number of hydrogen-bond acceptors (Lipinski definition) is 0. The van der Waals surface area contributed by atoms with Gasteiger partial charge in [-0.3, -0.25) is 0 Å². The predicted molar refractivity (Wildman–Crippen MR) is 269 cm³/mol. The Kier molecular flexibility index (Phi) is 7.36. The van der Waals surface area contributed by atoms with E-state index in [0.717, 1.165) is 33.9 Å². The van der Waals surface area contributed by atoms with Gasteiger partial charge in [0.05, 0.1) is 44.1 Å². The van der Waals surface area contributed by atoms with Crippen LogP contribution in [0, 0.1) is 0 Å². The summed E-state index contributed by atoms with van der Waals surface area (Å²) in [5, 5.41) is 9.92. The Morgan fingerprint density at radius 1 is 0.172 bits per heavy atom. The second kappa shape index (κ2) is 13.4. The standard InChI is InChI=1S/C60H38N4/c1-9-25-53-45(17-1)46-18-2-10-26-54(46)61(53)41-33-39(34-42(37-41)62-55-27-11-3-19-47(55)48-20-4-12-28-56(48)62)40-35-43(63-57-29-13-5-21-49(57)50-22-6-14-30-58(50)63)38-44(36-40)64-59-31-15-7-23-51(59)52-24-8-16-32-60(52)64/h1-38H. The fourth-order valence-electron chi connectivity index (χ4n) is 10.8. The van der Waals surface area contributed by atoms with E-state index in [1.165, 1.54) is 87.2 Å². The Labute approximate surface area is 368 Å². The van der Waals surface area contributed by atoms with Crippen molar-refractivity contribution >= 4 is 87.2 Å². The Morgan fingerprint density at radius 3 is 0.500 bits per heavy atom. The molecule has 0 amide bonds. The van der Waals surface area contributed by atoms with Gasteiger partial charge >= 0.3 is 0 Å². The first-order valence-corrected chi connectivity index (χ1v) is 22.0. The number of nitrogens with zero attached hydrogens (tertiary/aromatic N) is 4. The maximum Gasteiger partial charge on any atom is 0.0541 e. The summed E-state index contributed by atoms with van der Waals surface area (Å²) in [6.07, 6.45) is 0. The minimum atomic E-state index is 1.10. The minimum Gasteiger partial charge on any atom is -0.309 e. The molecule has 14 aromatic rings. The number of rotatable bonds is 5. The Morgan fingerprint density at radius 2 is 0.328 bits per heavy atom. The lowest BCUT2D eigenvalue weighted by Gasteiger charge is -2.18. The van der Waals surface area contributed by atoms with E-state index in [4.69, 9.17) is 0 Å². The zero-order valence-electron chi connectivity index (χ0n) is 34.7. The van der Waals surface area contributed by atoms with Gasteiger partial charge in [0, 0.05) is 65.8 Å². The van der Waals surface area contributed by atoms with E-state index in [1.807, 2.05) is 0 Å². The fourth-order valence-corrected chi connectivity index (χ4v) is 10.8. The van der Waals surface area contributed by atoms with Crippen molar-refractivity contribution < 1.29 is 0 Å². The van der Waals surface area contributed by atoms with Crippen LogP contribution in [0.15, 0.2) is 231 Å². The molecule has 0 fully saturated rings. The second-order valence-corrected chi connectivity index (χ2v) is 17.0. The lowest BCUT2D eigenvalue weighted by molar-refractivity contribution is 1.13. The number of para-hydroxylation sites is 8. The van der Waals surface area contributed by atoms with E-state index >= 15 is 0 Å². The van der Waals surface area contributed by atoms with Crippen molar-refractivity contribution in [2.45, 2.75) is 0 Å². The molecule has 4 aromatic heterocycles. The van der Waals surface area contributed by atoms with Crippen LogP contribution in [0.4, 0.5) is 0 Å². The highest BCUT2D eigenvalue weighted by molar-refractivity contribution is 6.13. The molecule has 64 heavy (non-hydrogen) atoms. The number of hydrogen-bond donors (Lipinski definition) is 0. The van der Waals surface area contributed by atoms with Crippen LogP contribution in [0.1, 0.15) is 0 Å². The SMILES string of the molecule is c1ccc2c(c1)c1ccccc1n2-c1cc(-c2cc(-n3c4ccccc4c4ccccc43)cc(-n3c4ccccc4c4ccccc43)c2)cc(-n2c3ccccc3c3ccccc32)c1. The average molecular weight is 815 g/mol. The van der Waals surface area contributed by atoms with Crippen molar-refractivity contribution in [2.75, 3.05) is 0 Å². The van der Waals surface area contributed by atoms with Crippen LogP contribution < -0.4 is 0 Å². The molecule has 0 radical (unpaired) electrons. The summed E-state index contributed by atoms with van der Waals surface area (Å²) in [5.74, 6) is 0. The molecule has 0 spiro atoms. The Bertz CT molecular complexity index is 3460. The van der Waals surface area contributed by atoms with Gasteiger partial charge in [0.2, 0.25) is 0 Å². The molecular weight excluding hydrogens is 777 g/mol. The number of fused-ring (bicyclic) bond motifs is 12. The van der Waals surface area contributed by atoms with Gasteiger partial charge in [0.1, 0.15) is 0 Å². The third-order valence-electron chi connectivity index (χ3n) is 13.5. The monoisotopic (exact) mass is 814 g/mol.